The highest BCUT2D eigenvalue weighted by Gasteiger charge is 2.48. The van der Waals surface area contributed by atoms with Crippen molar-refractivity contribution in [3.63, 3.8) is 0 Å². The summed E-state index contributed by atoms with van der Waals surface area (Å²) in [5.41, 5.74) is 2.90. The summed E-state index contributed by atoms with van der Waals surface area (Å²) in [6.07, 6.45) is 1.11. The van der Waals surface area contributed by atoms with Crippen LogP contribution in [-0.2, 0) is 9.47 Å². The molecule has 0 aliphatic carbocycles. The van der Waals surface area contributed by atoms with E-state index in [-0.39, 0.29) is 36.0 Å². The van der Waals surface area contributed by atoms with Crippen LogP contribution in [0.2, 0.25) is 0 Å². The summed E-state index contributed by atoms with van der Waals surface area (Å²) in [6.45, 7) is 0.756. The zero-order chi connectivity index (χ0) is 23.7. The van der Waals surface area contributed by atoms with Gasteiger partial charge in [0.25, 0.3) is 5.91 Å². The van der Waals surface area contributed by atoms with Crippen molar-refractivity contribution in [3.8, 4) is 11.3 Å². The molecular formula is C25H26FN5O3. The van der Waals surface area contributed by atoms with Gasteiger partial charge in [-0.3, -0.25) is 4.79 Å². The lowest BCUT2D eigenvalue weighted by Gasteiger charge is -2.19. The third-order valence-corrected chi connectivity index (χ3v) is 6.11. The molecule has 9 heteroatoms. The summed E-state index contributed by atoms with van der Waals surface area (Å²) in [4.78, 5) is 23.5. The van der Waals surface area contributed by atoms with Crippen molar-refractivity contribution in [2.24, 2.45) is 0 Å². The summed E-state index contributed by atoms with van der Waals surface area (Å²) < 4.78 is 25.5. The number of benzene rings is 2. The molecule has 0 unspecified atom stereocenters. The number of aromatic nitrogens is 2. The number of rotatable bonds is 6. The second-order valence-corrected chi connectivity index (χ2v) is 8.64. The third-order valence-electron chi connectivity index (χ3n) is 6.11. The van der Waals surface area contributed by atoms with Gasteiger partial charge in [-0.15, -0.1) is 0 Å². The van der Waals surface area contributed by atoms with E-state index in [4.69, 9.17) is 9.47 Å². The van der Waals surface area contributed by atoms with Crippen molar-refractivity contribution in [1.29, 1.82) is 0 Å². The molecule has 0 saturated carbocycles. The van der Waals surface area contributed by atoms with Crippen LogP contribution < -0.4 is 15.5 Å². The van der Waals surface area contributed by atoms with Crippen LogP contribution in [0, 0.1) is 5.82 Å². The second-order valence-electron chi connectivity index (χ2n) is 8.64. The van der Waals surface area contributed by atoms with Gasteiger partial charge in [0.1, 0.15) is 18.0 Å². The maximum absolute atomic E-state index is 13.6. The van der Waals surface area contributed by atoms with Crippen LogP contribution in [0.1, 0.15) is 10.4 Å². The van der Waals surface area contributed by atoms with Crippen LogP contribution in [0.4, 0.5) is 16.0 Å². The van der Waals surface area contributed by atoms with Crippen LogP contribution in [-0.4, -0.2) is 67.5 Å². The van der Waals surface area contributed by atoms with E-state index in [0.29, 0.717) is 36.0 Å². The molecule has 2 aliphatic rings. The number of hydrogen-bond acceptors (Lipinski definition) is 7. The van der Waals surface area contributed by atoms with E-state index >= 15 is 0 Å². The monoisotopic (exact) mass is 463 g/mol. The summed E-state index contributed by atoms with van der Waals surface area (Å²) >= 11 is 0. The molecule has 3 heterocycles. The van der Waals surface area contributed by atoms with Crippen molar-refractivity contribution in [2.45, 2.75) is 24.3 Å². The lowest BCUT2D eigenvalue weighted by atomic mass is 10.1. The molecule has 2 N–H and O–H groups in total. The van der Waals surface area contributed by atoms with Gasteiger partial charge in [0.15, 0.2) is 0 Å². The standard InChI is InChI=1S/C25H26FN5O3/c1-31(2)18-8-6-15(7-9-18)24(32)28-20-13-33-23-21(14-34-22(20)23)30-25-27-11-10-19(29-25)16-4-3-5-17(26)12-16/h3-12,20-23H,13-14H2,1-2H3,(H,28,32)(H,27,29,30)/t20-,21+,22-,23+/m1/s1. The molecule has 2 aromatic carbocycles. The Morgan fingerprint density at radius 3 is 2.50 bits per heavy atom. The van der Waals surface area contributed by atoms with E-state index in [1.54, 1.807) is 36.5 Å². The minimum Gasteiger partial charge on any atom is -0.378 e. The molecule has 8 nitrogen and oxygen atoms in total. The van der Waals surface area contributed by atoms with Crippen molar-refractivity contribution in [1.82, 2.24) is 15.3 Å². The Balaban J connectivity index is 1.22. The smallest absolute Gasteiger partial charge is 0.251 e. The van der Waals surface area contributed by atoms with Crippen molar-refractivity contribution < 1.29 is 18.7 Å². The number of halogens is 1. The largest absolute Gasteiger partial charge is 0.378 e. The summed E-state index contributed by atoms with van der Waals surface area (Å²) in [5, 5.41) is 6.31. The summed E-state index contributed by atoms with van der Waals surface area (Å²) in [7, 11) is 3.91. The van der Waals surface area contributed by atoms with Gasteiger partial charge in [0.05, 0.1) is 31.0 Å². The molecule has 0 bridgehead atoms. The summed E-state index contributed by atoms with van der Waals surface area (Å²) in [5.74, 6) is -0.0717. The number of carbonyl (C=O) groups excluding carboxylic acids is 1. The van der Waals surface area contributed by atoms with Gasteiger partial charge in [-0.05, 0) is 42.5 Å². The van der Waals surface area contributed by atoms with Crippen molar-refractivity contribution in [3.05, 3.63) is 72.2 Å². The number of amides is 1. The minimum atomic E-state index is -0.321. The van der Waals surface area contributed by atoms with E-state index in [9.17, 15) is 9.18 Å². The van der Waals surface area contributed by atoms with Gasteiger partial charge in [-0.1, -0.05) is 12.1 Å². The molecule has 1 aromatic heterocycles. The highest BCUT2D eigenvalue weighted by atomic mass is 19.1. The van der Waals surface area contributed by atoms with Crippen LogP contribution >= 0.6 is 0 Å². The quantitative estimate of drug-likeness (QED) is 0.581. The Morgan fingerprint density at radius 2 is 1.76 bits per heavy atom. The molecule has 4 atom stereocenters. The van der Waals surface area contributed by atoms with Crippen LogP contribution in [0.15, 0.2) is 60.8 Å². The van der Waals surface area contributed by atoms with E-state index in [0.717, 1.165) is 5.69 Å². The number of carbonyl (C=O) groups is 1. The predicted molar refractivity (Wildman–Crippen MR) is 126 cm³/mol. The number of hydrogen-bond donors (Lipinski definition) is 2. The molecule has 34 heavy (non-hydrogen) atoms. The lowest BCUT2D eigenvalue weighted by molar-refractivity contribution is 0.0652. The number of fused-ring (bicyclic) bond motifs is 1. The van der Waals surface area contributed by atoms with E-state index in [2.05, 4.69) is 20.6 Å². The second kappa shape index (κ2) is 9.36. The van der Waals surface area contributed by atoms with E-state index in [1.165, 1.54) is 12.1 Å². The van der Waals surface area contributed by atoms with Gasteiger partial charge in [-0.25, -0.2) is 14.4 Å². The Hall–Kier alpha value is -3.56. The van der Waals surface area contributed by atoms with Gasteiger partial charge < -0.3 is 25.0 Å². The average molecular weight is 464 g/mol. The molecule has 2 saturated heterocycles. The molecular weight excluding hydrogens is 437 g/mol. The predicted octanol–water partition coefficient (Wildman–Crippen LogP) is 2.73. The molecule has 1 amide bonds. The first-order chi connectivity index (χ1) is 16.5. The Bertz CT molecular complexity index is 1170. The maximum Gasteiger partial charge on any atom is 0.251 e. The molecule has 2 fully saturated rings. The topological polar surface area (TPSA) is 88.6 Å². The van der Waals surface area contributed by atoms with Crippen molar-refractivity contribution in [2.75, 3.05) is 37.5 Å². The first-order valence-corrected chi connectivity index (χ1v) is 11.1. The Labute approximate surface area is 197 Å². The van der Waals surface area contributed by atoms with E-state index in [1.807, 2.05) is 31.1 Å². The minimum absolute atomic E-state index is 0.161. The fraction of sp³-hybridized carbons (Fsp3) is 0.320. The number of nitrogens with one attached hydrogen (secondary N) is 2. The molecule has 0 radical (unpaired) electrons. The Kier molecular flexibility index (Phi) is 6.12. The van der Waals surface area contributed by atoms with Crippen molar-refractivity contribution >= 4 is 17.5 Å². The first-order valence-electron chi connectivity index (χ1n) is 11.1. The van der Waals surface area contributed by atoms with Gasteiger partial charge in [0, 0.05) is 37.1 Å². The normalized spacial score (nSPS) is 23.4. The zero-order valence-electron chi connectivity index (χ0n) is 18.9. The first kappa shape index (κ1) is 22.2. The number of nitrogens with zero attached hydrogens (tertiary/aromatic N) is 3. The fourth-order valence-electron chi connectivity index (χ4n) is 4.31. The van der Waals surface area contributed by atoms with Gasteiger partial charge in [-0.2, -0.15) is 0 Å². The highest BCUT2D eigenvalue weighted by Crippen LogP contribution is 2.29. The zero-order valence-corrected chi connectivity index (χ0v) is 18.9. The Morgan fingerprint density at radius 1 is 1.03 bits per heavy atom. The SMILES string of the molecule is CN(C)c1ccc(C(=O)N[C@@H]2CO[C@@H]3[C@@H]2OC[C@@H]3Nc2nccc(-c3cccc(F)c3)n2)cc1. The number of anilines is 2. The third kappa shape index (κ3) is 4.57. The number of ether oxygens (including phenoxy) is 2. The molecule has 0 spiro atoms. The van der Waals surface area contributed by atoms with Crippen LogP contribution in [0.5, 0.6) is 0 Å². The molecule has 5 rings (SSSR count). The van der Waals surface area contributed by atoms with Gasteiger partial charge in [0.2, 0.25) is 5.95 Å². The lowest BCUT2D eigenvalue weighted by Crippen LogP contribution is -2.44. The highest BCUT2D eigenvalue weighted by molar-refractivity contribution is 5.94. The van der Waals surface area contributed by atoms with Crippen LogP contribution in [0.25, 0.3) is 11.3 Å². The van der Waals surface area contributed by atoms with E-state index < -0.39 is 0 Å². The maximum atomic E-state index is 13.6. The summed E-state index contributed by atoms with van der Waals surface area (Å²) in [6, 6.07) is 15.0. The van der Waals surface area contributed by atoms with Gasteiger partial charge >= 0.3 is 0 Å². The molecule has 176 valence electrons. The fourth-order valence-corrected chi connectivity index (χ4v) is 4.31. The molecule has 2 aliphatic heterocycles. The molecule has 3 aromatic rings. The van der Waals surface area contributed by atoms with Crippen LogP contribution in [0.3, 0.4) is 0 Å². The average Bonchev–Trinajstić information content (AvgIpc) is 3.42.